The number of piperidine rings is 1. The molecular formula is C18H20N4O4. The summed E-state index contributed by atoms with van der Waals surface area (Å²) in [5, 5.41) is 8.68. The molecule has 2 saturated heterocycles. The molecule has 3 N–H and O–H groups in total. The van der Waals surface area contributed by atoms with Crippen molar-refractivity contribution >= 4 is 29.3 Å². The van der Waals surface area contributed by atoms with Gasteiger partial charge in [0.15, 0.2) is 0 Å². The highest BCUT2D eigenvalue weighted by Gasteiger charge is 2.45. The SMILES string of the molecule is O=C1CCC(N2C(=O)c3cccc(NCCC4CNC4)c3C2=O)C(=O)N1. The van der Waals surface area contributed by atoms with E-state index >= 15 is 0 Å². The van der Waals surface area contributed by atoms with E-state index in [4.69, 9.17) is 0 Å². The molecule has 8 heteroatoms. The summed E-state index contributed by atoms with van der Waals surface area (Å²) in [4.78, 5) is 50.1. The van der Waals surface area contributed by atoms with Crippen molar-refractivity contribution in [3.63, 3.8) is 0 Å². The molecule has 26 heavy (non-hydrogen) atoms. The van der Waals surface area contributed by atoms with Crippen LogP contribution < -0.4 is 16.0 Å². The second-order valence-electron chi connectivity index (χ2n) is 6.92. The Bertz CT molecular complexity index is 802. The lowest BCUT2D eigenvalue weighted by atomic mass is 9.99. The minimum absolute atomic E-state index is 0.115. The van der Waals surface area contributed by atoms with Crippen LogP contribution in [0.15, 0.2) is 18.2 Å². The number of benzene rings is 1. The Hall–Kier alpha value is -2.74. The van der Waals surface area contributed by atoms with E-state index in [0.717, 1.165) is 24.4 Å². The van der Waals surface area contributed by atoms with Crippen molar-refractivity contribution in [2.45, 2.75) is 25.3 Å². The maximum Gasteiger partial charge on any atom is 0.264 e. The number of nitrogens with one attached hydrogen (secondary N) is 3. The fraction of sp³-hybridized carbons (Fsp3) is 0.444. The molecule has 3 heterocycles. The Morgan fingerprint density at radius 1 is 1.12 bits per heavy atom. The molecule has 3 aliphatic heterocycles. The number of hydrogen-bond acceptors (Lipinski definition) is 6. The van der Waals surface area contributed by atoms with E-state index in [1.807, 2.05) is 0 Å². The Balaban J connectivity index is 1.54. The van der Waals surface area contributed by atoms with Crippen LogP contribution in [0, 0.1) is 5.92 Å². The van der Waals surface area contributed by atoms with Crippen molar-refractivity contribution in [2.24, 2.45) is 5.92 Å². The van der Waals surface area contributed by atoms with Gasteiger partial charge >= 0.3 is 0 Å². The van der Waals surface area contributed by atoms with Gasteiger partial charge in [-0.2, -0.15) is 0 Å². The van der Waals surface area contributed by atoms with E-state index < -0.39 is 23.8 Å². The standard InChI is InChI=1S/C18H20N4O4/c23-14-5-4-13(16(24)21-14)22-17(25)11-2-1-3-12(15(11)18(22)26)20-7-6-10-8-19-9-10/h1-3,10,13,19-20H,4-9H2,(H,21,23,24). The van der Waals surface area contributed by atoms with Crippen molar-refractivity contribution in [3.8, 4) is 0 Å². The molecule has 0 radical (unpaired) electrons. The minimum atomic E-state index is -0.936. The highest BCUT2D eigenvalue weighted by atomic mass is 16.2. The van der Waals surface area contributed by atoms with Crippen LogP contribution in [-0.2, 0) is 9.59 Å². The molecular weight excluding hydrogens is 336 g/mol. The molecule has 0 aromatic heterocycles. The average molecular weight is 356 g/mol. The lowest BCUT2D eigenvalue weighted by Crippen LogP contribution is -2.54. The van der Waals surface area contributed by atoms with Gasteiger partial charge in [0.05, 0.1) is 11.1 Å². The number of hydrogen-bond donors (Lipinski definition) is 3. The topological polar surface area (TPSA) is 108 Å². The van der Waals surface area contributed by atoms with Gasteiger partial charge in [0, 0.05) is 18.7 Å². The van der Waals surface area contributed by atoms with Crippen molar-refractivity contribution < 1.29 is 19.2 Å². The van der Waals surface area contributed by atoms with Crippen LogP contribution in [0.3, 0.4) is 0 Å². The van der Waals surface area contributed by atoms with Crippen molar-refractivity contribution in [2.75, 3.05) is 25.0 Å². The maximum absolute atomic E-state index is 12.9. The lowest BCUT2D eigenvalue weighted by molar-refractivity contribution is -0.136. The van der Waals surface area contributed by atoms with E-state index in [2.05, 4.69) is 16.0 Å². The maximum atomic E-state index is 12.9. The number of nitrogens with zero attached hydrogens (tertiary/aromatic N) is 1. The van der Waals surface area contributed by atoms with Crippen molar-refractivity contribution in [3.05, 3.63) is 29.3 Å². The van der Waals surface area contributed by atoms with Gasteiger partial charge in [-0.25, -0.2) is 0 Å². The first-order chi connectivity index (χ1) is 12.6. The fourth-order valence-corrected chi connectivity index (χ4v) is 3.63. The van der Waals surface area contributed by atoms with Gasteiger partial charge in [-0.05, 0) is 44.0 Å². The molecule has 136 valence electrons. The monoisotopic (exact) mass is 356 g/mol. The average Bonchev–Trinajstić information content (AvgIpc) is 2.82. The van der Waals surface area contributed by atoms with Crippen LogP contribution in [0.5, 0.6) is 0 Å². The number of amides is 4. The molecule has 8 nitrogen and oxygen atoms in total. The van der Waals surface area contributed by atoms with E-state index in [1.165, 1.54) is 0 Å². The smallest absolute Gasteiger partial charge is 0.264 e. The summed E-state index contributed by atoms with van der Waals surface area (Å²) in [6.45, 7) is 2.73. The van der Waals surface area contributed by atoms with Gasteiger partial charge in [0.25, 0.3) is 11.8 Å². The summed E-state index contributed by atoms with van der Waals surface area (Å²) in [7, 11) is 0. The first kappa shape index (κ1) is 16.7. The Morgan fingerprint density at radius 2 is 1.92 bits per heavy atom. The molecule has 1 atom stereocenters. The summed E-state index contributed by atoms with van der Waals surface area (Å²) in [5.41, 5.74) is 1.23. The molecule has 1 aromatic rings. The Morgan fingerprint density at radius 3 is 2.62 bits per heavy atom. The summed E-state index contributed by atoms with van der Waals surface area (Å²) < 4.78 is 0. The largest absolute Gasteiger partial charge is 0.384 e. The van der Waals surface area contributed by atoms with Crippen LogP contribution in [0.4, 0.5) is 5.69 Å². The van der Waals surface area contributed by atoms with Crippen LogP contribution in [0.25, 0.3) is 0 Å². The third-order valence-corrected chi connectivity index (χ3v) is 5.20. The minimum Gasteiger partial charge on any atom is -0.384 e. The van der Waals surface area contributed by atoms with E-state index in [-0.39, 0.29) is 18.7 Å². The first-order valence-corrected chi connectivity index (χ1v) is 8.85. The summed E-state index contributed by atoms with van der Waals surface area (Å²) in [5.74, 6) is -1.30. The number of carbonyl (C=O) groups is 4. The highest BCUT2D eigenvalue weighted by Crippen LogP contribution is 2.32. The second-order valence-corrected chi connectivity index (χ2v) is 6.92. The number of imide groups is 2. The first-order valence-electron chi connectivity index (χ1n) is 8.85. The van der Waals surface area contributed by atoms with Crippen molar-refractivity contribution in [1.29, 1.82) is 0 Å². The molecule has 4 rings (SSSR count). The number of carbonyl (C=O) groups excluding carboxylic acids is 4. The molecule has 0 aliphatic carbocycles. The van der Waals surface area contributed by atoms with Crippen molar-refractivity contribution in [1.82, 2.24) is 15.5 Å². The number of rotatable bonds is 5. The van der Waals surface area contributed by atoms with E-state index in [1.54, 1.807) is 18.2 Å². The quantitative estimate of drug-likeness (QED) is 0.647. The molecule has 0 saturated carbocycles. The Labute approximate surface area is 150 Å². The van der Waals surface area contributed by atoms with Crippen LogP contribution in [0.2, 0.25) is 0 Å². The molecule has 4 amide bonds. The van der Waals surface area contributed by atoms with Gasteiger partial charge in [-0.3, -0.25) is 29.4 Å². The predicted octanol–water partition coefficient (Wildman–Crippen LogP) is 0.109. The van der Waals surface area contributed by atoms with Gasteiger partial charge in [-0.1, -0.05) is 6.07 Å². The lowest BCUT2D eigenvalue weighted by Gasteiger charge is -2.28. The fourth-order valence-electron chi connectivity index (χ4n) is 3.63. The van der Waals surface area contributed by atoms with Crippen LogP contribution in [0.1, 0.15) is 40.0 Å². The number of anilines is 1. The zero-order chi connectivity index (χ0) is 18.3. The summed E-state index contributed by atoms with van der Waals surface area (Å²) in [6.07, 6.45) is 1.26. The van der Waals surface area contributed by atoms with Gasteiger partial charge < -0.3 is 10.6 Å². The van der Waals surface area contributed by atoms with Crippen LogP contribution in [-0.4, -0.2) is 54.2 Å². The second kappa shape index (κ2) is 6.53. The molecule has 0 bridgehead atoms. The summed E-state index contributed by atoms with van der Waals surface area (Å²) in [6, 6.07) is 4.17. The predicted molar refractivity (Wildman–Crippen MR) is 92.6 cm³/mol. The molecule has 3 aliphatic rings. The highest BCUT2D eigenvalue weighted by molar-refractivity contribution is 6.25. The third-order valence-electron chi connectivity index (χ3n) is 5.20. The van der Waals surface area contributed by atoms with E-state index in [0.29, 0.717) is 29.3 Å². The van der Waals surface area contributed by atoms with Crippen LogP contribution >= 0.6 is 0 Å². The molecule has 1 unspecified atom stereocenters. The molecule has 1 aromatic carbocycles. The zero-order valence-corrected chi connectivity index (χ0v) is 14.2. The van der Waals surface area contributed by atoms with Gasteiger partial charge in [0.2, 0.25) is 11.8 Å². The van der Waals surface area contributed by atoms with Gasteiger partial charge in [-0.15, -0.1) is 0 Å². The summed E-state index contributed by atoms with van der Waals surface area (Å²) >= 11 is 0. The molecule has 0 spiro atoms. The zero-order valence-electron chi connectivity index (χ0n) is 14.2. The normalized spacial score (nSPS) is 22.9. The third kappa shape index (κ3) is 2.76. The Kier molecular flexibility index (Phi) is 4.20. The van der Waals surface area contributed by atoms with Gasteiger partial charge in [0.1, 0.15) is 6.04 Å². The molecule has 2 fully saturated rings. The number of fused-ring (bicyclic) bond motifs is 1. The van der Waals surface area contributed by atoms with E-state index in [9.17, 15) is 19.2 Å².